The lowest BCUT2D eigenvalue weighted by Crippen LogP contribution is -2.43. The first-order valence-corrected chi connectivity index (χ1v) is 9.84. The van der Waals surface area contributed by atoms with Crippen LogP contribution in [0.4, 0.5) is 5.69 Å². The fraction of sp³-hybridized carbons (Fsp3) is 0.739. The van der Waals surface area contributed by atoms with Crippen LogP contribution in [-0.4, -0.2) is 6.54 Å². The highest BCUT2D eigenvalue weighted by atomic mass is 14.9. The van der Waals surface area contributed by atoms with E-state index in [0.717, 1.165) is 12.5 Å². The summed E-state index contributed by atoms with van der Waals surface area (Å²) in [6.45, 7) is 17.8. The van der Waals surface area contributed by atoms with E-state index in [1.165, 1.54) is 43.4 Å². The highest BCUT2D eigenvalue weighted by Gasteiger charge is 2.45. The zero-order chi connectivity index (χ0) is 18.0. The van der Waals surface area contributed by atoms with Crippen molar-refractivity contribution in [3.63, 3.8) is 0 Å². The molecule has 1 saturated carbocycles. The van der Waals surface area contributed by atoms with E-state index >= 15 is 0 Å². The molecule has 0 aromatic heterocycles. The third-order valence-electron chi connectivity index (χ3n) is 6.24. The predicted octanol–water partition coefficient (Wildman–Crippen LogP) is 7.07. The van der Waals surface area contributed by atoms with Crippen molar-refractivity contribution in [2.24, 2.45) is 22.2 Å². The Balaban J connectivity index is 2.06. The van der Waals surface area contributed by atoms with Crippen molar-refractivity contribution in [3.05, 3.63) is 29.8 Å². The minimum Gasteiger partial charge on any atom is -0.384 e. The summed E-state index contributed by atoms with van der Waals surface area (Å²) in [6, 6.07) is 8.85. The van der Waals surface area contributed by atoms with Gasteiger partial charge < -0.3 is 5.32 Å². The van der Waals surface area contributed by atoms with Gasteiger partial charge in [-0.25, -0.2) is 0 Å². The Hall–Kier alpha value is -0.980. The van der Waals surface area contributed by atoms with Gasteiger partial charge in [0.2, 0.25) is 0 Å². The molecule has 24 heavy (non-hydrogen) atoms. The van der Waals surface area contributed by atoms with E-state index < -0.39 is 0 Å². The quantitative estimate of drug-likeness (QED) is 0.564. The maximum Gasteiger partial charge on any atom is 0.0340 e. The summed E-state index contributed by atoms with van der Waals surface area (Å²) in [4.78, 5) is 0. The number of hydrogen-bond donors (Lipinski definition) is 1. The standard InChI is InChI=1S/C23H39N/c1-18(2)22(7,15-21(4,5)6)16-23(13-8-14-23)17-24-20-11-9-19(3)10-12-20/h9-12,18,24H,8,13-17H2,1-7H3. The Morgan fingerprint density at radius 1 is 1.04 bits per heavy atom. The molecule has 1 unspecified atom stereocenters. The fourth-order valence-electron chi connectivity index (χ4n) is 4.59. The molecule has 0 amide bonds. The molecule has 1 aromatic rings. The number of benzene rings is 1. The SMILES string of the molecule is Cc1ccc(NCC2(CC(C)(CC(C)(C)C)C(C)C)CCC2)cc1. The first kappa shape index (κ1) is 19.3. The summed E-state index contributed by atoms with van der Waals surface area (Å²) in [5.74, 6) is 0.730. The van der Waals surface area contributed by atoms with Gasteiger partial charge in [0.1, 0.15) is 0 Å². The fourth-order valence-corrected chi connectivity index (χ4v) is 4.59. The second kappa shape index (κ2) is 7.10. The summed E-state index contributed by atoms with van der Waals surface area (Å²) in [6.07, 6.45) is 6.84. The minimum atomic E-state index is 0.397. The second-order valence-corrected chi connectivity index (χ2v) is 10.3. The molecule has 1 aliphatic rings. The summed E-state index contributed by atoms with van der Waals surface area (Å²) >= 11 is 0. The third-order valence-corrected chi connectivity index (χ3v) is 6.24. The second-order valence-electron chi connectivity index (χ2n) is 10.3. The third kappa shape index (κ3) is 5.01. The summed E-state index contributed by atoms with van der Waals surface area (Å²) < 4.78 is 0. The highest BCUT2D eigenvalue weighted by Crippen LogP contribution is 2.54. The topological polar surface area (TPSA) is 12.0 Å². The summed E-state index contributed by atoms with van der Waals surface area (Å²) in [5.41, 5.74) is 3.92. The lowest BCUT2D eigenvalue weighted by Gasteiger charge is -2.51. The monoisotopic (exact) mass is 329 g/mol. The Kier molecular flexibility index (Phi) is 5.72. The first-order valence-electron chi connectivity index (χ1n) is 9.84. The molecule has 136 valence electrons. The molecule has 1 aromatic carbocycles. The molecule has 0 spiro atoms. The van der Waals surface area contributed by atoms with Gasteiger partial charge in [0, 0.05) is 12.2 Å². The van der Waals surface area contributed by atoms with E-state index in [1.54, 1.807) is 0 Å². The van der Waals surface area contributed by atoms with Crippen LogP contribution in [0, 0.1) is 29.1 Å². The van der Waals surface area contributed by atoms with Crippen LogP contribution in [0.2, 0.25) is 0 Å². The Morgan fingerprint density at radius 2 is 1.62 bits per heavy atom. The molecule has 0 saturated heterocycles. The molecule has 1 atom stereocenters. The molecule has 1 fully saturated rings. The first-order chi connectivity index (χ1) is 11.0. The number of hydrogen-bond acceptors (Lipinski definition) is 1. The van der Waals surface area contributed by atoms with Crippen molar-refractivity contribution < 1.29 is 0 Å². The number of anilines is 1. The van der Waals surface area contributed by atoms with Crippen molar-refractivity contribution in [1.82, 2.24) is 0 Å². The van der Waals surface area contributed by atoms with Crippen LogP contribution in [0.15, 0.2) is 24.3 Å². The maximum absolute atomic E-state index is 3.74. The molecule has 2 rings (SSSR count). The van der Waals surface area contributed by atoms with Gasteiger partial charge in [0.25, 0.3) is 0 Å². The largest absolute Gasteiger partial charge is 0.384 e. The van der Waals surface area contributed by atoms with Gasteiger partial charge in [-0.2, -0.15) is 0 Å². The molecule has 0 radical (unpaired) electrons. The number of nitrogens with one attached hydrogen (secondary N) is 1. The van der Waals surface area contributed by atoms with E-state index in [-0.39, 0.29) is 0 Å². The van der Waals surface area contributed by atoms with E-state index in [9.17, 15) is 0 Å². The van der Waals surface area contributed by atoms with Crippen LogP contribution in [0.1, 0.15) is 79.2 Å². The molecule has 1 aliphatic carbocycles. The van der Waals surface area contributed by atoms with E-state index in [4.69, 9.17) is 0 Å². The lowest BCUT2D eigenvalue weighted by molar-refractivity contribution is 0.0158. The average molecular weight is 330 g/mol. The summed E-state index contributed by atoms with van der Waals surface area (Å²) in [5, 5.41) is 3.74. The lowest BCUT2D eigenvalue weighted by atomic mass is 9.55. The molecule has 0 bridgehead atoms. The zero-order valence-electron chi connectivity index (χ0n) is 17.1. The van der Waals surface area contributed by atoms with Gasteiger partial charge in [-0.1, -0.05) is 65.7 Å². The van der Waals surface area contributed by atoms with Crippen molar-refractivity contribution in [2.75, 3.05) is 11.9 Å². The molecule has 0 heterocycles. The van der Waals surface area contributed by atoms with Crippen molar-refractivity contribution in [1.29, 1.82) is 0 Å². The summed E-state index contributed by atoms with van der Waals surface area (Å²) in [7, 11) is 0. The van der Waals surface area contributed by atoms with Crippen LogP contribution >= 0.6 is 0 Å². The highest BCUT2D eigenvalue weighted by molar-refractivity contribution is 5.44. The zero-order valence-corrected chi connectivity index (χ0v) is 17.1. The minimum absolute atomic E-state index is 0.397. The van der Waals surface area contributed by atoms with Gasteiger partial charge >= 0.3 is 0 Å². The van der Waals surface area contributed by atoms with Gasteiger partial charge in [-0.15, -0.1) is 0 Å². The molecule has 1 heteroatoms. The Labute approximate surface area is 150 Å². The Bertz CT molecular complexity index is 516. The molecular formula is C23H39N. The molecule has 1 N–H and O–H groups in total. The van der Waals surface area contributed by atoms with E-state index in [1.807, 2.05) is 0 Å². The van der Waals surface area contributed by atoms with Gasteiger partial charge in [-0.3, -0.25) is 0 Å². The van der Waals surface area contributed by atoms with Gasteiger partial charge in [0.05, 0.1) is 0 Å². The molecular weight excluding hydrogens is 290 g/mol. The van der Waals surface area contributed by atoms with Crippen molar-refractivity contribution >= 4 is 5.69 Å². The number of aryl methyl sites for hydroxylation is 1. The maximum atomic E-state index is 3.74. The van der Waals surface area contributed by atoms with Crippen molar-refractivity contribution in [3.8, 4) is 0 Å². The number of rotatable bonds is 7. The van der Waals surface area contributed by atoms with Crippen LogP contribution in [0.3, 0.4) is 0 Å². The predicted molar refractivity (Wildman–Crippen MR) is 108 cm³/mol. The van der Waals surface area contributed by atoms with Crippen molar-refractivity contribution in [2.45, 2.75) is 80.6 Å². The van der Waals surface area contributed by atoms with Crippen LogP contribution in [0.5, 0.6) is 0 Å². The smallest absolute Gasteiger partial charge is 0.0340 e. The molecule has 0 aliphatic heterocycles. The van der Waals surface area contributed by atoms with E-state index in [2.05, 4.69) is 78.0 Å². The van der Waals surface area contributed by atoms with Crippen LogP contribution in [0.25, 0.3) is 0 Å². The average Bonchev–Trinajstić information content (AvgIpc) is 2.41. The Morgan fingerprint density at radius 3 is 2.04 bits per heavy atom. The van der Waals surface area contributed by atoms with Crippen LogP contribution < -0.4 is 5.32 Å². The normalized spacial score (nSPS) is 19.7. The van der Waals surface area contributed by atoms with E-state index in [0.29, 0.717) is 16.2 Å². The molecule has 1 nitrogen and oxygen atoms in total. The van der Waals surface area contributed by atoms with Crippen LogP contribution in [-0.2, 0) is 0 Å². The van der Waals surface area contributed by atoms with Gasteiger partial charge in [-0.05, 0) is 66.9 Å². The van der Waals surface area contributed by atoms with Gasteiger partial charge in [0.15, 0.2) is 0 Å².